The van der Waals surface area contributed by atoms with E-state index in [0.717, 1.165) is 5.56 Å². The largest absolute Gasteiger partial charge is 0.465 e. The Kier molecular flexibility index (Phi) is 5.60. The normalized spacial score (nSPS) is 10.8. The molecule has 0 unspecified atom stereocenters. The van der Waals surface area contributed by atoms with Gasteiger partial charge in [-0.3, -0.25) is 9.59 Å². The number of rotatable bonds is 6. The van der Waals surface area contributed by atoms with E-state index in [9.17, 15) is 14.4 Å². The van der Waals surface area contributed by atoms with E-state index in [1.54, 1.807) is 30.3 Å². The fraction of sp³-hybridized carbons (Fsp3) is 0.0909. The van der Waals surface area contributed by atoms with Gasteiger partial charge in [0.2, 0.25) is 5.78 Å². The second-order valence-corrected chi connectivity index (χ2v) is 6.04. The first-order chi connectivity index (χ1) is 13.5. The van der Waals surface area contributed by atoms with Gasteiger partial charge in [-0.25, -0.2) is 9.48 Å². The predicted molar refractivity (Wildman–Crippen MR) is 104 cm³/mol. The second-order valence-electron chi connectivity index (χ2n) is 6.04. The van der Waals surface area contributed by atoms with Crippen LogP contribution in [0.15, 0.2) is 72.8 Å². The van der Waals surface area contributed by atoms with Gasteiger partial charge in [0.05, 0.1) is 24.1 Å². The van der Waals surface area contributed by atoms with Crippen molar-refractivity contribution in [2.45, 2.75) is 6.92 Å². The maximum atomic E-state index is 12.6. The van der Waals surface area contributed by atoms with Crippen LogP contribution in [0.3, 0.4) is 0 Å². The first-order valence-corrected chi connectivity index (χ1v) is 8.57. The van der Waals surface area contributed by atoms with Gasteiger partial charge in [0.1, 0.15) is 5.69 Å². The van der Waals surface area contributed by atoms with Crippen molar-refractivity contribution < 1.29 is 19.1 Å². The minimum absolute atomic E-state index is 0.217. The first-order valence-electron chi connectivity index (χ1n) is 8.57. The van der Waals surface area contributed by atoms with Crippen molar-refractivity contribution in [1.29, 1.82) is 0 Å². The number of methoxy groups -OCH3 is 1. The molecule has 0 bridgehead atoms. The average molecular weight is 374 g/mol. The van der Waals surface area contributed by atoms with Crippen LogP contribution in [-0.4, -0.2) is 34.4 Å². The van der Waals surface area contributed by atoms with E-state index in [0.29, 0.717) is 22.6 Å². The summed E-state index contributed by atoms with van der Waals surface area (Å²) < 4.78 is 6.20. The lowest BCUT2D eigenvalue weighted by Gasteiger charge is -2.06. The summed E-state index contributed by atoms with van der Waals surface area (Å²) in [4.78, 5) is 35.5. The number of aromatic nitrogens is 2. The minimum atomic E-state index is -0.447. The predicted octanol–water partition coefficient (Wildman–Crippen LogP) is 3.65. The van der Waals surface area contributed by atoms with Crippen LogP contribution < -0.4 is 0 Å². The molecule has 0 spiro atoms. The van der Waals surface area contributed by atoms with Crippen molar-refractivity contribution >= 4 is 17.5 Å². The average Bonchev–Trinajstić information content (AvgIpc) is 3.17. The summed E-state index contributed by atoms with van der Waals surface area (Å²) in [6, 6.07) is 17.7. The Morgan fingerprint density at radius 1 is 0.964 bits per heavy atom. The number of hydrogen-bond acceptors (Lipinski definition) is 5. The third-order valence-corrected chi connectivity index (χ3v) is 4.03. The topological polar surface area (TPSA) is 78.3 Å². The van der Waals surface area contributed by atoms with Crippen molar-refractivity contribution in [3.63, 3.8) is 0 Å². The van der Waals surface area contributed by atoms with E-state index in [1.165, 1.54) is 30.9 Å². The Balaban J connectivity index is 2.07. The van der Waals surface area contributed by atoms with Gasteiger partial charge in [0, 0.05) is 5.56 Å². The lowest BCUT2D eigenvalue weighted by molar-refractivity contribution is -0.112. The molecule has 0 aliphatic carbocycles. The van der Waals surface area contributed by atoms with Crippen LogP contribution in [0, 0.1) is 0 Å². The zero-order valence-corrected chi connectivity index (χ0v) is 15.5. The van der Waals surface area contributed by atoms with Gasteiger partial charge in [-0.2, -0.15) is 5.10 Å². The molecule has 0 fully saturated rings. The molecule has 0 N–H and O–H groups in total. The molecule has 3 aromatic rings. The molecule has 0 saturated heterocycles. The lowest BCUT2D eigenvalue weighted by Crippen LogP contribution is -2.08. The van der Waals surface area contributed by atoms with E-state index >= 15 is 0 Å². The Morgan fingerprint density at radius 2 is 1.64 bits per heavy atom. The summed E-state index contributed by atoms with van der Waals surface area (Å²) >= 11 is 0. The fourth-order valence-corrected chi connectivity index (χ4v) is 2.64. The summed E-state index contributed by atoms with van der Waals surface area (Å²) in [6.45, 7) is 1.38. The number of esters is 1. The van der Waals surface area contributed by atoms with Crippen molar-refractivity contribution in [3.05, 3.63) is 84.1 Å². The smallest absolute Gasteiger partial charge is 0.337 e. The van der Waals surface area contributed by atoms with Crippen molar-refractivity contribution in [2.75, 3.05) is 7.11 Å². The molecule has 0 aliphatic heterocycles. The molecular formula is C22H18N2O4. The van der Waals surface area contributed by atoms with Gasteiger partial charge in [0.15, 0.2) is 5.78 Å². The Labute approximate surface area is 162 Å². The molecule has 0 amide bonds. The molecule has 6 heteroatoms. The maximum Gasteiger partial charge on any atom is 0.337 e. The highest BCUT2D eigenvalue weighted by molar-refractivity contribution is 6.07. The van der Waals surface area contributed by atoms with E-state index < -0.39 is 5.97 Å². The van der Waals surface area contributed by atoms with Gasteiger partial charge >= 0.3 is 5.97 Å². The van der Waals surface area contributed by atoms with Gasteiger partial charge in [-0.15, -0.1) is 0 Å². The zero-order valence-electron chi connectivity index (χ0n) is 15.5. The Hall–Kier alpha value is -3.80. The Bertz CT molecular complexity index is 1050. The highest BCUT2D eigenvalue weighted by Crippen LogP contribution is 2.22. The van der Waals surface area contributed by atoms with Gasteiger partial charge in [0.25, 0.3) is 0 Å². The number of ketones is 2. The van der Waals surface area contributed by atoms with E-state index in [-0.39, 0.29) is 11.6 Å². The van der Waals surface area contributed by atoms with E-state index in [1.807, 2.05) is 30.3 Å². The third kappa shape index (κ3) is 4.12. The third-order valence-electron chi connectivity index (χ3n) is 4.03. The van der Waals surface area contributed by atoms with Crippen LogP contribution in [0.1, 0.15) is 27.8 Å². The number of nitrogens with zero attached hydrogens (tertiary/aromatic N) is 2. The highest BCUT2D eigenvalue weighted by atomic mass is 16.5. The minimum Gasteiger partial charge on any atom is -0.465 e. The molecule has 3 rings (SSSR count). The van der Waals surface area contributed by atoms with Gasteiger partial charge in [-0.05, 0) is 49.4 Å². The maximum absolute atomic E-state index is 12.6. The van der Waals surface area contributed by atoms with Crippen LogP contribution in [0.25, 0.3) is 16.9 Å². The number of carbonyl (C=O) groups is 3. The van der Waals surface area contributed by atoms with Crippen molar-refractivity contribution in [1.82, 2.24) is 9.78 Å². The number of ether oxygens (including phenoxy) is 1. The SMILES string of the molecule is COC(=O)c1ccc(-n2nc(-c3ccccc3)cc2C(=O)C=CC(C)=O)cc1. The molecule has 0 radical (unpaired) electrons. The molecule has 2 aromatic carbocycles. The number of carbonyl (C=O) groups excluding carboxylic acids is 3. The number of allylic oxidation sites excluding steroid dienone is 2. The number of benzene rings is 2. The van der Waals surface area contributed by atoms with Crippen LogP contribution in [0.5, 0.6) is 0 Å². The van der Waals surface area contributed by atoms with Crippen LogP contribution >= 0.6 is 0 Å². The molecular weight excluding hydrogens is 356 g/mol. The highest BCUT2D eigenvalue weighted by Gasteiger charge is 2.16. The molecule has 0 aliphatic rings. The van der Waals surface area contributed by atoms with Crippen molar-refractivity contribution in [2.24, 2.45) is 0 Å². The molecule has 0 saturated carbocycles. The second kappa shape index (κ2) is 8.26. The number of hydrogen-bond donors (Lipinski definition) is 0. The standard InChI is InChI=1S/C22H18N2O4/c1-15(25)8-13-21(26)20-14-19(16-6-4-3-5-7-16)23-24(20)18-11-9-17(10-12-18)22(27)28-2/h3-14H,1-2H3. The molecule has 1 aromatic heterocycles. The van der Waals surface area contributed by atoms with Crippen LogP contribution in [0.4, 0.5) is 0 Å². The molecule has 28 heavy (non-hydrogen) atoms. The molecule has 0 atom stereocenters. The van der Waals surface area contributed by atoms with E-state index in [2.05, 4.69) is 5.10 Å². The fourth-order valence-electron chi connectivity index (χ4n) is 2.64. The summed E-state index contributed by atoms with van der Waals surface area (Å²) in [5.41, 5.74) is 2.79. The zero-order chi connectivity index (χ0) is 20.1. The Morgan fingerprint density at radius 3 is 2.25 bits per heavy atom. The summed E-state index contributed by atoms with van der Waals surface area (Å²) in [6.07, 6.45) is 2.45. The van der Waals surface area contributed by atoms with Crippen LogP contribution in [0.2, 0.25) is 0 Å². The summed E-state index contributed by atoms with van der Waals surface area (Å²) in [5, 5.41) is 4.55. The van der Waals surface area contributed by atoms with Crippen molar-refractivity contribution in [3.8, 4) is 16.9 Å². The van der Waals surface area contributed by atoms with E-state index in [4.69, 9.17) is 4.74 Å². The van der Waals surface area contributed by atoms with Crippen LogP contribution in [-0.2, 0) is 9.53 Å². The molecule has 6 nitrogen and oxygen atoms in total. The van der Waals surface area contributed by atoms with Gasteiger partial charge < -0.3 is 4.74 Å². The lowest BCUT2D eigenvalue weighted by atomic mass is 10.1. The quantitative estimate of drug-likeness (QED) is 0.374. The monoisotopic (exact) mass is 374 g/mol. The molecule has 1 heterocycles. The molecule has 140 valence electrons. The summed E-state index contributed by atoms with van der Waals surface area (Å²) in [5.74, 6) is -1.01. The first kappa shape index (κ1) is 19.0. The van der Waals surface area contributed by atoms with Gasteiger partial charge in [-0.1, -0.05) is 30.3 Å². The summed E-state index contributed by atoms with van der Waals surface area (Å²) in [7, 11) is 1.31.